The lowest BCUT2D eigenvalue weighted by molar-refractivity contribution is -0.117. The van der Waals surface area contributed by atoms with Gasteiger partial charge in [-0.15, -0.1) is 0 Å². The molecule has 0 aliphatic rings. The van der Waals surface area contributed by atoms with Gasteiger partial charge in [-0.1, -0.05) is 35.0 Å². The van der Waals surface area contributed by atoms with Crippen LogP contribution in [0, 0.1) is 6.92 Å². The van der Waals surface area contributed by atoms with Gasteiger partial charge in [-0.2, -0.15) is 0 Å². The molecule has 0 bridgehead atoms. The Hall–Kier alpha value is -1.90. The van der Waals surface area contributed by atoms with Crippen molar-refractivity contribution in [3.05, 3.63) is 46.7 Å². The van der Waals surface area contributed by atoms with Crippen LogP contribution in [0.2, 0.25) is 5.02 Å². The highest BCUT2D eigenvalue weighted by molar-refractivity contribution is 7.88. The molecular weight excluding hydrogens is 342 g/mol. The van der Waals surface area contributed by atoms with Crippen molar-refractivity contribution in [3.8, 4) is 0 Å². The summed E-state index contributed by atoms with van der Waals surface area (Å²) in [4.78, 5) is 12.0. The zero-order valence-electron chi connectivity index (χ0n) is 12.5. The standard InChI is InChI=1S/C14H16ClN3O4S/c1-9-7-13(17-22-9)16-14(19)10(2)18-23(20,21)8-11-5-3-4-6-12(11)15/h3-7,10,18H,8H2,1-2H3,(H,16,17,19)/t10-/m0/s1. The predicted molar refractivity (Wildman–Crippen MR) is 86.5 cm³/mol. The molecule has 2 rings (SSSR count). The van der Waals surface area contributed by atoms with Crippen molar-refractivity contribution in [2.45, 2.75) is 25.6 Å². The lowest BCUT2D eigenvalue weighted by Crippen LogP contribution is -2.42. The first-order valence-corrected chi connectivity index (χ1v) is 8.77. The number of benzene rings is 1. The number of amides is 1. The Bertz CT molecular complexity index is 804. The molecule has 2 N–H and O–H groups in total. The number of aryl methyl sites for hydroxylation is 1. The fourth-order valence-corrected chi connectivity index (χ4v) is 3.52. The van der Waals surface area contributed by atoms with E-state index in [0.717, 1.165) is 0 Å². The Kier molecular flexibility index (Phi) is 5.40. The lowest BCUT2D eigenvalue weighted by Gasteiger charge is -2.13. The van der Waals surface area contributed by atoms with Crippen LogP contribution in [-0.4, -0.2) is 25.5 Å². The summed E-state index contributed by atoms with van der Waals surface area (Å²) in [5.74, 6) is -0.0918. The number of hydrogen-bond acceptors (Lipinski definition) is 5. The average Bonchev–Trinajstić information content (AvgIpc) is 2.86. The highest BCUT2D eigenvalue weighted by Gasteiger charge is 2.22. The zero-order valence-corrected chi connectivity index (χ0v) is 14.1. The van der Waals surface area contributed by atoms with Gasteiger partial charge in [0.25, 0.3) is 0 Å². The first-order valence-electron chi connectivity index (χ1n) is 6.74. The van der Waals surface area contributed by atoms with Crippen molar-refractivity contribution in [2.75, 3.05) is 5.32 Å². The summed E-state index contributed by atoms with van der Waals surface area (Å²) in [7, 11) is -3.73. The molecule has 7 nitrogen and oxygen atoms in total. The molecule has 9 heteroatoms. The fourth-order valence-electron chi connectivity index (χ4n) is 1.84. The summed E-state index contributed by atoms with van der Waals surface area (Å²) in [5.41, 5.74) is 0.460. The minimum absolute atomic E-state index is 0.227. The van der Waals surface area contributed by atoms with Crippen molar-refractivity contribution < 1.29 is 17.7 Å². The average molecular weight is 358 g/mol. The van der Waals surface area contributed by atoms with Crippen LogP contribution in [0.3, 0.4) is 0 Å². The third kappa shape index (κ3) is 5.05. The highest BCUT2D eigenvalue weighted by Crippen LogP contribution is 2.17. The van der Waals surface area contributed by atoms with Crippen molar-refractivity contribution in [2.24, 2.45) is 0 Å². The molecule has 124 valence electrons. The largest absolute Gasteiger partial charge is 0.360 e. The van der Waals surface area contributed by atoms with Gasteiger partial charge in [0.05, 0.1) is 11.8 Å². The number of carbonyl (C=O) groups excluding carboxylic acids is 1. The summed E-state index contributed by atoms with van der Waals surface area (Å²) >= 11 is 5.95. The normalized spacial score (nSPS) is 12.8. The van der Waals surface area contributed by atoms with E-state index in [-0.39, 0.29) is 11.6 Å². The summed E-state index contributed by atoms with van der Waals surface area (Å²) < 4.78 is 31.4. The maximum Gasteiger partial charge on any atom is 0.243 e. The fraction of sp³-hybridized carbons (Fsp3) is 0.286. The first-order chi connectivity index (χ1) is 10.8. The van der Waals surface area contributed by atoms with E-state index in [2.05, 4.69) is 15.2 Å². The van der Waals surface area contributed by atoms with E-state index < -0.39 is 22.0 Å². The Morgan fingerprint density at radius 1 is 1.39 bits per heavy atom. The molecule has 0 saturated heterocycles. The number of carbonyl (C=O) groups is 1. The van der Waals surface area contributed by atoms with Gasteiger partial charge < -0.3 is 9.84 Å². The van der Waals surface area contributed by atoms with Gasteiger partial charge in [0, 0.05) is 11.1 Å². The minimum atomic E-state index is -3.73. The Balaban J connectivity index is 1.99. The molecule has 1 atom stereocenters. The molecule has 1 heterocycles. The van der Waals surface area contributed by atoms with E-state index >= 15 is 0 Å². The van der Waals surface area contributed by atoms with Crippen LogP contribution in [0.1, 0.15) is 18.2 Å². The van der Waals surface area contributed by atoms with Crippen LogP contribution < -0.4 is 10.0 Å². The second-order valence-corrected chi connectivity index (χ2v) is 7.16. The third-order valence-electron chi connectivity index (χ3n) is 2.93. The van der Waals surface area contributed by atoms with Gasteiger partial charge in [0.1, 0.15) is 5.76 Å². The van der Waals surface area contributed by atoms with Crippen LogP contribution in [0.25, 0.3) is 0 Å². The third-order valence-corrected chi connectivity index (χ3v) is 4.70. The molecule has 0 saturated carbocycles. The molecule has 1 aromatic heterocycles. The number of nitrogens with one attached hydrogen (secondary N) is 2. The maximum absolute atomic E-state index is 12.1. The molecule has 23 heavy (non-hydrogen) atoms. The van der Waals surface area contributed by atoms with Gasteiger partial charge in [0.2, 0.25) is 15.9 Å². The molecule has 0 fully saturated rings. The Morgan fingerprint density at radius 2 is 2.09 bits per heavy atom. The van der Waals surface area contributed by atoms with E-state index in [9.17, 15) is 13.2 Å². The van der Waals surface area contributed by atoms with Crippen LogP contribution >= 0.6 is 11.6 Å². The highest BCUT2D eigenvalue weighted by atomic mass is 35.5. The Labute approximate surface area is 139 Å². The van der Waals surface area contributed by atoms with E-state index in [4.69, 9.17) is 16.1 Å². The van der Waals surface area contributed by atoms with E-state index in [0.29, 0.717) is 16.3 Å². The van der Waals surface area contributed by atoms with Gasteiger partial charge in [-0.25, -0.2) is 13.1 Å². The molecule has 0 aliphatic carbocycles. The molecule has 0 spiro atoms. The van der Waals surface area contributed by atoms with Crippen LogP contribution in [0.5, 0.6) is 0 Å². The second kappa shape index (κ2) is 7.12. The monoisotopic (exact) mass is 357 g/mol. The molecular formula is C14H16ClN3O4S. The van der Waals surface area contributed by atoms with Crippen LogP contribution in [0.15, 0.2) is 34.9 Å². The molecule has 0 aliphatic heterocycles. The van der Waals surface area contributed by atoms with Crippen molar-refractivity contribution >= 4 is 33.3 Å². The van der Waals surface area contributed by atoms with Crippen molar-refractivity contribution in [3.63, 3.8) is 0 Å². The van der Waals surface area contributed by atoms with Crippen molar-refractivity contribution in [1.82, 2.24) is 9.88 Å². The van der Waals surface area contributed by atoms with Gasteiger partial charge >= 0.3 is 0 Å². The summed E-state index contributed by atoms with van der Waals surface area (Å²) in [6, 6.07) is 7.18. The minimum Gasteiger partial charge on any atom is -0.360 e. The smallest absolute Gasteiger partial charge is 0.243 e. The summed E-state index contributed by atoms with van der Waals surface area (Å²) in [6.45, 7) is 3.12. The second-order valence-electron chi connectivity index (χ2n) is 5.00. The number of sulfonamides is 1. The number of halogens is 1. The molecule has 1 aromatic carbocycles. The number of anilines is 1. The molecule has 1 amide bonds. The summed E-state index contributed by atoms with van der Waals surface area (Å²) in [6.07, 6.45) is 0. The maximum atomic E-state index is 12.1. The molecule has 2 aromatic rings. The van der Waals surface area contributed by atoms with E-state index in [1.54, 1.807) is 31.2 Å². The SMILES string of the molecule is Cc1cc(NC(=O)[C@H](C)NS(=O)(=O)Cc2ccccc2Cl)no1. The van der Waals surface area contributed by atoms with E-state index in [1.165, 1.54) is 13.0 Å². The van der Waals surface area contributed by atoms with Crippen LogP contribution in [-0.2, 0) is 20.6 Å². The lowest BCUT2D eigenvalue weighted by atomic mass is 10.2. The first kappa shape index (κ1) is 17.5. The van der Waals surface area contributed by atoms with Crippen molar-refractivity contribution in [1.29, 1.82) is 0 Å². The number of aromatic nitrogens is 1. The Morgan fingerprint density at radius 3 is 2.70 bits per heavy atom. The molecule has 0 unspecified atom stereocenters. The topological polar surface area (TPSA) is 101 Å². The van der Waals surface area contributed by atoms with Gasteiger partial charge in [-0.3, -0.25) is 4.79 Å². The van der Waals surface area contributed by atoms with E-state index in [1.807, 2.05) is 0 Å². The van der Waals surface area contributed by atoms with Gasteiger partial charge in [-0.05, 0) is 25.5 Å². The van der Waals surface area contributed by atoms with Crippen LogP contribution in [0.4, 0.5) is 5.82 Å². The molecule has 0 radical (unpaired) electrons. The number of rotatable bonds is 6. The number of nitrogens with zero attached hydrogens (tertiary/aromatic N) is 1. The number of hydrogen-bond donors (Lipinski definition) is 2. The quantitative estimate of drug-likeness (QED) is 0.824. The van der Waals surface area contributed by atoms with Gasteiger partial charge in [0.15, 0.2) is 5.82 Å². The zero-order chi connectivity index (χ0) is 17.0. The summed E-state index contributed by atoms with van der Waals surface area (Å²) in [5, 5.41) is 6.43. The predicted octanol–water partition coefficient (Wildman–Crippen LogP) is 2.08.